The Kier molecular flexibility index (Phi) is 9.11. The number of likely N-dealkylation sites (tertiary alicyclic amines) is 1. The van der Waals surface area contributed by atoms with Gasteiger partial charge >= 0.3 is 6.09 Å². The van der Waals surface area contributed by atoms with Gasteiger partial charge in [-0.1, -0.05) is 47.6 Å². The number of nitrogens with zero attached hydrogens (tertiary/aromatic N) is 3. The average Bonchev–Trinajstić information content (AvgIpc) is 3.41. The number of aliphatic hydroxyl groups excluding tert-OH is 1. The summed E-state index contributed by atoms with van der Waals surface area (Å²) < 4.78 is 14.2. The lowest BCUT2D eigenvalue weighted by molar-refractivity contribution is -0.0819. The SMILES string of the molecule is CC(C)OCC1(C(O)c2ccc3c(cnn3[Si](C(C)C)(C(C)C)C(C)C)c2)CCCN1C(=O)OC(C)(C)C. The van der Waals surface area contributed by atoms with Gasteiger partial charge in [-0.2, -0.15) is 5.10 Å². The summed E-state index contributed by atoms with van der Waals surface area (Å²) in [4.78, 5) is 15.0. The number of fused-ring (bicyclic) bond motifs is 1. The standard InChI is InChI=1S/C30H51N3O4Si/c1-20(2)36-19-30(15-12-16-32(30)28(35)37-29(9,10)11)27(34)24-13-14-26-25(17-24)18-31-33(26)38(21(3)4,22(5)6)23(7)8/h13-14,17-18,20-23,27,34H,12,15-16,19H2,1-11H3. The molecular weight excluding hydrogens is 494 g/mol. The van der Waals surface area contributed by atoms with E-state index in [0.717, 1.165) is 22.9 Å². The highest BCUT2D eigenvalue weighted by atomic mass is 28.3. The highest BCUT2D eigenvalue weighted by Crippen LogP contribution is 2.45. The van der Waals surface area contributed by atoms with Gasteiger partial charge in [0, 0.05) is 11.9 Å². The maximum absolute atomic E-state index is 13.3. The lowest BCUT2D eigenvalue weighted by Gasteiger charge is -2.43. The first-order valence-corrected chi connectivity index (χ1v) is 16.5. The van der Waals surface area contributed by atoms with E-state index in [0.29, 0.717) is 29.6 Å². The van der Waals surface area contributed by atoms with E-state index in [1.807, 2.05) is 52.9 Å². The fourth-order valence-corrected chi connectivity index (χ4v) is 13.2. The van der Waals surface area contributed by atoms with Gasteiger partial charge in [0.05, 0.1) is 30.0 Å². The molecule has 2 atom stereocenters. The molecule has 1 saturated heterocycles. The second-order valence-corrected chi connectivity index (χ2v) is 19.0. The van der Waals surface area contributed by atoms with Gasteiger partial charge < -0.3 is 14.6 Å². The van der Waals surface area contributed by atoms with Gasteiger partial charge in [-0.25, -0.2) is 4.79 Å². The number of ether oxygens (including phenoxy) is 2. The van der Waals surface area contributed by atoms with Crippen molar-refractivity contribution in [1.29, 1.82) is 0 Å². The fraction of sp³-hybridized carbons (Fsp3) is 0.733. The Balaban J connectivity index is 2.08. The first-order chi connectivity index (χ1) is 17.6. The molecule has 1 amide bonds. The van der Waals surface area contributed by atoms with E-state index in [1.54, 1.807) is 4.90 Å². The zero-order valence-corrected chi connectivity index (χ0v) is 26.5. The smallest absolute Gasteiger partial charge is 0.410 e. The number of rotatable bonds is 9. The number of aromatic nitrogens is 2. The van der Waals surface area contributed by atoms with Crippen molar-refractivity contribution in [2.24, 2.45) is 0 Å². The molecule has 1 aliphatic rings. The second kappa shape index (κ2) is 11.3. The second-order valence-electron chi connectivity index (χ2n) is 13.3. The Hall–Kier alpha value is -1.90. The monoisotopic (exact) mass is 545 g/mol. The van der Waals surface area contributed by atoms with Crippen LogP contribution < -0.4 is 0 Å². The van der Waals surface area contributed by atoms with Crippen molar-refractivity contribution in [2.75, 3.05) is 13.2 Å². The van der Waals surface area contributed by atoms with Gasteiger partial charge in [-0.15, -0.1) is 0 Å². The number of carbonyl (C=O) groups excluding carboxylic acids is 1. The lowest BCUT2D eigenvalue weighted by atomic mass is 9.85. The molecule has 1 aromatic carbocycles. The Morgan fingerprint density at radius 1 is 1.08 bits per heavy atom. The minimum atomic E-state index is -2.02. The van der Waals surface area contributed by atoms with Gasteiger partial charge in [0.2, 0.25) is 0 Å². The van der Waals surface area contributed by atoms with Crippen molar-refractivity contribution in [3.63, 3.8) is 0 Å². The summed E-state index contributed by atoms with van der Waals surface area (Å²) in [5, 5.41) is 17.9. The normalized spacial score (nSPS) is 19.9. The Labute approximate surface area is 231 Å². The molecule has 7 nitrogen and oxygen atoms in total. The van der Waals surface area contributed by atoms with Crippen LogP contribution in [0.25, 0.3) is 10.9 Å². The molecule has 1 aliphatic heterocycles. The van der Waals surface area contributed by atoms with Crippen LogP contribution in [0.5, 0.6) is 0 Å². The summed E-state index contributed by atoms with van der Waals surface area (Å²) in [6.45, 7) is 24.3. The van der Waals surface area contributed by atoms with E-state index >= 15 is 0 Å². The van der Waals surface area contributed by atoms with E-state index in [9.17, 15) is 9.90 Å². The molecule has 0 saturated carbocycles. The minimum absolute atomic E-state index is 0.0259. The Morgan fingerprint density at radius 2 is 1.68 bits per heavy atom. The molecule has 214 valence electrons. The molecule has 1 fully saturated rings. The number of carbonyl (C=O) groups is 1. The Morgan fingerprint density at radius 3 is 2.21 bits per heavy atom. The number of hydrogen-bond donors (Lipinski definition) is 1. The highest BCUT2D eigenvalue weighted by molar-refractivity contribution is 6.82. The lowest BCUT2D eigenvalue weighted by Crippen LogP contribution is -2.56. The van der Waals surface area contributed by atoms with Crippen LogP contribution in [0.3, 0.4) is 0 Å². The quantitative estimate of drug-likeness (QED) is 0.335. The van der Waals surface area contributed by atoms with Crippen molar-refractivity contribution in [2.45, 2.75) is 129 Å². The molecule has 0 bridgehead atoms. The molecular formula is C30H51N3O4Si. The van der Waals surface area contributed by atoms with Crippen LogP contribution in [0.15, 0.2) is 24.4 Å². The zero-order chi connectivity index (χ0) is 28.6. The summed E-state index contributed by atoms with van der Waals surface area (Å²) in [7, 11) is -2.02. The van der Waals surface area contributed by atoms with Crippen LogP contribution in [0.1, 0.15) is 101 Å². The summed E-state index contributed by atoms with van der Waals surface area (Å²) in [6.07, 6.45) is 2.01. The fourth-order valence-electron chi connectivity index (χ4n) is 6.89. The van der Waals surface area contributed by atoms with Crippen LogP contribution in [0.2, 0.25) is 16.6 Å². The maximum Gasteiger partial charge on any atom is 0.410 e. The zero-order valence-electron chi connectivity index (χ0n) is 25.5. The van der Waals surface area contributed by atoms with Gasteiger partial charge in [0.1, 0.15) is 11.7 Å². The largest absolute Gasteiger partial charge is 0.444 e. The van der Waals surface area contributed by atoms with Crippen molar-refractivity contribution >= 4 is 25.2 Å². The highest BCUT2D eigenvalue weighted by Gasteiger charge is 2.52. The molecule has 2 unspecified atom stereocenters. The first-order valence-electron chi connectivity index (χ1n) is 14.4. The first kappa shape index (κ1) is 30.6. The molecule has 3 rings (SSSR count). The van der Waals surface area contributed by atoms with Gasteiger partial charge in [-0.05, 0) is 81.8 Å². The molecule has 38 heavy (non-hydrogen) atoms. The van der Waals surface area contributed by atoms with Crippen LogP contribution >= 0.6 is 0 Å². The minimum Gasteiger partial charge on any atom is -0.444 e. The van der Waals surface area contributed by atoms with Crippen LogP contribution in [0.4, 0.5) is 4.79 Å². The number of benzene rings is 1. The molecule has 0 radical (unpaired) electrons. The molecule has 2 aromatic rings. The summed E-state index contributed by atoms with van der Waals surface area (Å²) in [6, 6.07) is 6.17. The molecule has 2 heterocycles. The van der Waals surface area contributed by atoms with Crippen molar-refractivity contribution in [3.05, 3.63) is 30.0 Å². The van der Waals surface area contributed by atoms with E-state index in [4.69, 9.17) is 14.6 Å². The van der Waals surface area contributed by atoms with E-state index in [-0.39, 0.29) is 12.7 Å². The predicted octanol–water partition coefficient (Wildman–Crippen LogP) is 7.29. The topological polar surface area (TPSA) is 76.8 Å². The van der Waals surface area contributed by atoms with Crippen LogP contribution in [0, 0.1) is 0 Å². The number of hydrogen-bond acceptors (Lipinski definition) is 5. The van der Waals surface area contributed by atoms with Gasteiger partial charge in [-0.3, -0.25) is 9.25 Å². The summed E-state index contributed by atoms with van der Waals surface area (Å²) in [5.41, 5.74) is 1.93. The van der Waals surface area contributed by atoms with E-state index in [1.165, 1.54) is 0 Å². The Bertz CT molecular complexity index is 1080. The van der Waals surface area contributed by atoms with E-state index in [2.05, 4.69) is 52.0 Å². The molecule has 1 N–H and O–H groups in total. The van der Waals surface area contributed by atoms with E-state index < -0.39 is 31.6 Å². The summed E-state index contributed by atoms with van der Waals surface area (Å²) >= 11 is 0. The summed E-state index contributed by atoms with van der Waals surface area (Å²) in [5.74, 6) is 0. The maximum atomic E-state index is 13.3. The van der Waals surface area contributed by atoms with Crippen molar-refractivity contribution < 1.29 is 19.4 Å². The van der Waals surface area contributed by atoms with Crippen LogP contribution in [-0.2, 0) is 9.47 Å². The molecule has 0 spiro atoms. The van der Waals surface area contributed by atoms with Crippen molar-refractivity contribution in [1.82, 2.24) is 14.3 Å². The molecule has 8 heteroatoms. The predicted molar refractivity (Wildman–Crippen MR) is 157 cm³/mol. The average molecular weight is 546 g/mol. The number of amides is 1. The molecule has 1 aromatic heterocycles. The van der Waals surface area contributed by atoms with Crippen molar-refractivity contribution in [3.8, 4) is 0 Å². The van der Waals surface area contributed by atoms with Crippen LogP contribution in [-0.4, -0.2) is 64.2 Å². The third-order valence-electron chi connectivity index (χ3n) is 8.37. The third-order valence-corrected chi connectivity index (χ3v) is 15.0. The van der Waals surface area contributed by atoms with Gasteiger partial charge in [0.15, 0.2) is 8.24 Å². The van der Waals surface area contributed by atoms with Gasteiger partial charge in [0.25, 0.3) is 0 Å². The molecule has 0 aliphatic carbocycles. The number of aliphatic hydroxyl groups is 1. The third kappa shape index (κ3) is 5.54.